The smallest absolute Gasteiger partial charge is 0.240 e. The lowest BCUT2D eigenvalue weighted by Gasteiger charge is -2.07. The Labute approximate surface area is 111 Å². The van der Waals surface area contributed by atoms with E-state index in [4.69, 9.17) is 5.26 Å². The van der Waals surface area contributed by atoms with Crippen LogP contribution in [-0.4, -0.2) is 24.5 Å². The van der Waals surface area contributed by atoms with Crippen molar-refractivity contribution in [3.05, 3.63) is 48.5 Å². The van der Waals surface area contributed by atoms with Crippen LogP contribution in [0.3, 0.4) is 0 Å². The molecule has 0 radical (unpaired) electrons. The molecule has 6 nitrogen and oxygen atoms in total. The highest BCUT2D eigenvalue weighted by atomic mass is 32.2. The van der Waals surface area contributed by atoms with Gasteiger partial charge in [0.25, 0.3) is 0 Å². The molecule has 7 heteroatoms. The second kappa shape index (κ2) is 5.65. The van der Waals surface area contributed by atoms with Crippen molar-refractivity contribution in [2.24, 2.45) is 0 Å². The Bertz CT molecular complexity index is 687. The summed E-state index contributed by atoms with van der Waals surface area (Å²) >= 11 is 0. The molecule has 0 spiro atoms. The zero-order valence-corrected chi connectivity index (χ0v) is 10.8. The fourth-order valence-corrected chi connectivity index (χ4v) is 2.61. The third-order valence-corrected chi connectivity index (χ3v) is 3.95. The van der Waals surface area contributed by atoms with E-state index in [1.165, 1.54) is 12.1 Å². The van der Waals surface area contributed by atoms with Crippen molar-refractivity contribution in [2.75, 3.05) is 6.54 Å². The first-order valence-corrected chi connectivity index (χ1v) is 7.06. The van der Waals surface area contributed by atoms with Crippen molar-refractivity contribution in [1.29, 1.82) is 5.26 Å². The van der Waals surface area contributed by atoms with Gasteiger partial charge in [0, 0.05) is 25.5 Å². The fraction of sp³-hybridized carbons (Fsp3) is 0.167. The van der Waals surface area contributed by atoms with Gasteiger partial charge in [-0.25, -0.2) is 18.1 Å². The fourth-order valence-electron chi connectivity index (χ4n) is 1.54. The molecule has 0 fully saturated rings. The molecule has 0 aliphatic rings. The molecule has 0 aliphatic heterocycles. The van der Waals surface area contributed by atoms with E-state index >= 15 is 0 Å². The summed E-state index contributed by atoms with van der Waals surface area (Å²) in [5.74, 6) is 0. The predicted octanol–water partition coefficient (Wildman–Crippen LogP) is 0.733. The SMILES string of the molecule is N#Cc1cccc(S(=O)(=O)NCCn2ccnc2)c1. The van der Waals surface area contributed by atoms with Crippen LogP contribution in [0.1, 0.15) is 5.56 Å². The molecule has 0 saturated heterocycles. The van der Waals surface area contributed by atoms with Gasteiger partial charge in [0.1, 0.15) is 0 Å². The average Bonchev–Trinajstić information content (AvgIpc) is 2.92. The Morgan fingerprint density at radius 3 is 2.95 bits per heavy atom. The quantitative estimate of drug-likeness (QED) is 0.872. The van der Waals surface area contributed by atoms with Crippen molar-refractivity contribution in [3.63, 3.8) is 0 Å². The summed E-state index contributed by atoms with van der Waals surface area (Å²) < 4.78 is 28.2. The molecule has 1 heterocycles. The first-order chi connectivity index (χ1) is 9.12. The maximum atomic E-state index is 12.0. The highest BCUT2D eigenvalue weighted by Gasteiger charge is 2.13. The lowest BCUT2D eigenvalue weighted by atomic mass is 10.2. The first-order valence-electron chi connectivity index (χ1n) is 5.57. The van der Waals surface area contributed by atoms with Crippen molar-refractivity contribution >= 4 is 10.0 Å². The standard InChI is InChI=1S/C12H12N4O2S/c13-9-11-2-1-3-12(8-11)19(17,18)15-5-7-16-6-4-14-10-16/h1-4,6,8,10,15H,5,7H2. The molecule has 98 valence electrons. The van der Waals surface area contributed by atoms with E-state index in [1.54, 1.807) is 35.4 Å². The molecule has 0 atom stereocenters. The van der Waals surface area contributed by atoms with Gasteiger partial charge >= 0.3 is 0 Å². The van der Waals surface area contributed by atoms with Gasteiger partial charge in [-0.3, -0.25) is 0 Å². The van der Waals surface area contributed by atoms with E-state index in [-0.39, 0.29) is 11.4 Å². The Kier molecular flexibility index (Phi) is 3.94. The Morgan fingerprint density at radius 1 is 1.42 bits per heavy atom. The lowest BCUT2D eigenvalue weighted by Crippen LogP contribution is -2.27. The number of imidazole rings is 1. The molecule has 0 amide bonds. The zero-order valence-electron chi connectivity index (χ0n) is 10.0. The topological polar surface area (TPSA) is 87.8 Å². The van der Waals surface area contributed by atoms with Gasteiger partial charge in [0.15, 0.2) is 0 Å². The molecular formula is C12H12N4O2S. The normalized spacial score (nSPS) is 11.1. The van der Waals surface area contributed by atoms with Crippen molar-refractivity contribution in [2.45, 2.75) is 11.4 Å². The van der Waals surface area contributed by atoms with Gasteiger partial charge in [-0.15, -0.1) is 0 Å². The first kappa shape index (κ1) is 13.3. The maximum absolute atomic E-state index is 12.0. The Hall–Kier alpha value is -2.17. The monoisotopic (exact) mass is 276 g/mol. The lowest BCUT2D eigenvalue weighted by molar-refractivity contribution is 0.573. The van der Waals surface area contributed by atoms with E-state index in [0.717, 1.165) is 0 Å². The van der Waals surface area contributed by atoms with Gasteiger partial charge < -0.3 is 4.57 Å². The summed E-state index contributed by atoms with van der Waals surface area (Å²) in [5, 5.41) is 8.75. The summed E-state index contributed by atoms with van der Waals surface area (Å²) in [6.45, 7) is 0.757. The minimum absolute atomic E-state index is 0.0946. The van der Waals surface area contributed by atoms with Gasteiger partial charge in [0.05, 0.1) is 22.9 Å². The third-order valence-electron chi connectivity index (χ3n) is 2.49. The molecular weight excluding hydrogens is 264 g/mol. The van der Waals surface area contributed by atoms with E-state index in [0.29, 0.717) is 12.1 Å². The molecule has 0 unspecified atom stereocenters. The summed E-state index contributed by atoms with van der Waals surface area (Å²) in [7, 11) is -3.58. The van der Waals surface area contributed by atoms with Crippen molar-refractivity contribution in [3.8, 4) is 6.07 Å². The van der Waals surface area contributed by atoms with Crippen LogP contribution in [0.2, 0.25) is 0 Å². The molecule has 1 aromatic heterocycles. The number of hydrogen-bond acceptors (Lipinski definition) is 4. The second-order valence-corrected chi connectivity index (χ2v) is 5.60. The minimum atomic E-state index is -3.58. The van der Waals surface area contributed by atoms with Crippen LogP contribution in [-0.2, 0) is 16.6 Å². The largest absolute Gasteiger partial charge is 0.336 e. The van der Waals surface area contributed by atoms with Crippen LogP contribution in [0.5, 0.6) is 0 Å². The summed E-state index contributed by atoms with van der Waals surface area (Å²) in [6.07, 6.45) is 5.00. The number of benzene rings is 1. The molecule has 19 heavy (non-hydrogen) atoms. The number of aromatic nitrogens is 2. The average molecular weight is 276 g/mol. The van der Waals surface area contributed by atoms with Gasteiger partial charge in [-0.05, 0) is 18.2 Å². The number of rotatable bonds is 5. The third kappa shape index (κ3) is 3.40. The second-order valence-electron chi connectivity index (χ2n) is 3.84. The Morgan fingerprint density at radius 2 is 2.26 bits per heavy atom. The number of nitriles is 1. The Balaban J connectivity index is 2.03. The molecule has 0 aliphatic carbocycles. The van der Waals surface area contributed by atoms with Crippen LogP contribution < -0.4 is 4.72 Å². The maximum Gasteiger partial charge on any atom is 0.240 e. The van der Waals surface area contributed by atoms with Crippen LogP contribution >= 0.6 is 0 Å². The van der Waals surface area contributed by atoms with Crippen LogP contribution in [0.15, 0.2) is 47.9 Å². The summed E-state index contributed by atoms with van der Waals surface area (Å²) in [6, 6.07) is 7.82. The number of hydrogen-bond donors (Lipinski definition) is 1. The van der Waals surface area contributed by atoms with Crippen LogP contribution in [0, 0.1) is 11.3 Å². The van der Waals surface area contributed by atoms with Crippen LogP contribution in [0.4, 0.5) is 0 Å². The number of sulfonamides is 1. The molecule has 2 rings (SSSR count). The zero-order chi connectivity index (χ0) is 13.7. The van der Waals surface area contributed by atoms with E-state index in [1.807, 2.05) is 6.07 Å². The molecule has 2 aromatic rings. The molecule has 0 saturated carbocycles. The number of nitrogens with zero attached hydrogens (tertiary/aromatic N) is 3. The minimum Gasteiger partial charge on any atom is -0.336 e. The number of nitrogens with one attached hydrogen (secondary N) is 1. The van der Waals surface area contributed by atoms with Gasteiger partial charge in [-0.2, -0.15) is 5.26 Å². The van der Waals surface area contributed by atoms with E-state index in [2.05, 4.69) is 9.71 Å². The predicted molar refractivity (Wildman–Crippen MR) is 68.6 cm³/mol. The van der Waals surface area contributed by atoms with E-state index < -0.39 is 10.0 Å². The van der Waals surface area contributed by atoms with Crippen molar-refractivity contribution in [1.82, 2.24) is 14.3 Å². The van der Waals surface area contributed by atoms with Gasteiger partial charge in [0.2, 0.25) is 10.0 Å². The molecule has 0 bridgehead atoms. The van der Waals surface area contributed by atoms with Gasteiger partial charge in [-0.1, -0.05) is 6.07 Å². The summed E-state index contributed by atoms with van der Waals surface area (Å²) in [4.78, 5) is 3.96. The van der Waals surface area contributed by atoms with Crippen molar-refractivity contribution < 1.29 is 8.42 Å². The van der Waals surface area contributed by atoms with E-state index in [9.17, 15) is 8.42 Å². The highest BCUT2D eigenvalue weighted by Crippen LogP contribution is 2.10. The molecule has 1 aromatic carbocycles. The highest BCUT2D eigenvalue weighted by molar-refractivity contribution is 7.89. The van der Waals surface area contributed by atoms with Crippen LogP contribution in [0.25, 0.3) is 0 Å². The molecule has 1 N–H and O–H groups in total. The summed E-state index contributed by atoms with van der Waals surface area (Å²) in [5.41, 5.74) is 0.317.